The van der Waals surface area contributed by atoms with Crippen LogP contribution < -0.4 is 0 Å². The fraction of sp³-hybridized carbons (Fsp3) is 0.462. The third kappa shape index (κ3) is 4.49. The second kappa shape index (κ2) is 7.25. The van der Waals surface area contributed by atoms with Crippen molar-refractivity contribution in [1.82, 2.24) is 4.90 Å². The average Bonchev–Trinajstić information content (AvgIpc) is 2.33. The first-order chi connectivity index (χ1) is 7.75. The summed E-state index contributed by atoms with van der Waals surface area (Å²) in [5.74, 6) is 0.181. The molecule has 2 rings (SSSR count). The Labute approximate surface area is 127 Å². The summed E-state index contributed by atoms with van der Waals surface area (Å²) >= 11 is 0. The van der Waals surface area contributed by atoms with E-state index in [0.717, 1.165) is 11.1 Å². The molecule has 3 nitrogen and oxygen atoms in total. The third-order valence-corrected chi connectivity index (χ3v) is 2.75. The monoisotopic (exact) mass is 307 g/mol. The molecule has 89 valence electrons. The van der Waals surface area contributed by atoms with E-state index in [1.165, 1.54) is 0 Å². The van der Waals surface area contributed by atoms with E-state index >= 15 is 0 Å². The molecule has 17 heavy (non-hydrogen) atoms. The van der Waals surface area contributed by atoms with E-state index < -0.39 is 0 Å². The van der Waals surface area contributed by atoms with Gasteiger partial charge < -0.3 is 9.64 Å². The minimum atomic E-state index is 0. The number of ether oxygens (including phenoxy) is 1. The van der Waals surface area contributed by atoms with Crippen LogP contribution in [0.15, 0.2) is 18.2 Å². The van der Waals surface area contributed by atoms with Crippen molar-refractivity contribution in [3.63, 3.8) is 0 Å². The number of carbonyl (C=O) groups is 1. The molecule has 1 amide bonds. The standard InChI is InChI=1S/C13H16NO2.Y/c1-11-2-4-12(5-3-11)10-13(15)14-6-8-16-9-7-14;/h2,4-5H,6-10H2,1H3;/q-1;. The fourth-order valence-corrected chi connectivity index (χ4v) is 1.74. The van der Waals surface area contributed by atoms with Gasteiger partial charge in [-0.15, -0.1) is 5.56 Å². The topological polar surface area (TPSA) is 29.5 Å². The van der Waals surface area contributed by atoms with Crippen molar-refractivity contribution in [2.24, 2.45) is 0 Å². The predicted octanol–water partition coefficient (Wildman–Crippen LogP) is 1.19. The zero-order valence-electron chi connectivity index (χ0n) is 10.1. The molecule has 1 fully saturated rings. The SMILES string of the molecule is Cc1[c-]cc(CC(=O)N2CCOCC2)cc1.[Y]. The van der Waals surface area contributed by atoms with Crippen molar-refractivity contribution in [1.29, 1.82) is 0 Å². The number of hydrogen-bond donors (Lipinski definition) is 0. The fourth-order valence-electron chi connectivity index (χ4n) is 1.74. The Kier molecular flexibility index (Phi) is 6.31. The number of rotatable bonds is 2. The molecule has 0 aromatic heterocycles. The Hall–Kier alpha value is -0.246. The average molecular weight is 307 g/mol. The normalized spacial score (nSPS) is 15.2. The van der Waals surface area contributed by atoms with E-state index in [-0.39, 0.29) is 38.6 Å². The minimum Gasteiger partial charge on any atom is -0.378 e. The molecule has 1 radical (unpaired) electrons. The number of aryl methyl sites for hydroxylation is 1. The summed E-state index contributed by atoms with van der Waals surface area (Å²) < 4.78 is 5.22. The van der Waals surface area contributed by atoms with E-state index in [1.807, 2.05) is 30.0 Å². The molecule has 0 bridgehead atoms. The minimum absolute atomic E-state index is 0. The van der Waals surface area contributed by atoms with Crippen molar-refractivity contribution in [2.75, 3.05) is 26.3 Å². The Bertz CT molecular complexity index is 358. The maximum absolute atomic E-state index is 11.9. The van der Waals surface area contributed by atoms with Gasteiger partial charge in [0.2, 0.25) is 5.91 Å². The number of amides is 1. The van der Waals surface area contributed by atoms with Gasteiger partial charge in [0.15, 0.2) is 0 Å². The maximum atomic E-state index is 11.9. The van der Waals surface area contributed by atoms with Crippen molar-refractivity contribution in [2.45, 2.75) is 13.3 Å². The van der Waals surface area contributed by atoms with Crippen LogP contribution in [0.25, 0.3) is 0 Å². The summed E-state index contributed by atoms with van der Waals surface area (Å²) in [4.78, 5) is 13.8. The molecule has 1 aliphatic heterocycles. The summed E-state index contributed by atoms with van der Waals surface area (Å²) in [6.07, 6.45) is 0.469. The first-order valence-corrected chi connectivity index (χ1v) is 5.58. The largest absolute Gasteiger partial charge is 0.378 e. The first kappa shape index (κ1) is 14.8. The van der Waals surface area contributed by atoms with Gasteiger partial charge >= 0.3 is 0 Å². The van der Waals surface area contributed by atoms with Crippen LogP contribution in [0, 0.1) is 13.0 Å². The molecule has 4 heteroatoms. The van der Waals surface area contributed by atoms with Gasteiger partial charge in [0, 0.05) is 52.2 Å². The van der Waals surface area contributed by atoms with Crippen LogP contribution in [0.4, 0.5) is 0 Å². The second-order valence-electron chi connectivity index (χ2n) is 4.05. The molecule has 1 saturated heterocycles. The molecular formula is C13H16NO2Y-. The Morgan fingerprint density at radius 3 is 2.71 bits per heavy atom. The Morgan fingerprint density at radius 2 is 2.12 bits per heavy atom. The van der Waals surface area contributed by atoms with Crippen LogP contribution in [0.1, 0.15) is 11.1 Å². The molecule has 1 aromatic carbocycles. The number of benzene rings is 1. The summed E-state index contributed by atoms with van der Waals surface area (Å²) in [5.41, 5.74) is 2.13. The number of carbonyl (C=O) groups excluding carboxylic acids is 1. The summed E-state index contributed by atoms with van der Waals surface area (Å²) in [7, 11) is 0. The molecule has 0 atom stereocenters. The van der Waals surface area contributed by atoms with Crippen LogP contribution in [-0.4, -0.2) is 37.1 Å². The quantitative estimate of drug-likeness (QED) is 0.768. The van der Waals surface area contributed by atoms with Crippen LogP contribution in [0.3, 0.4) is 0 Å². The van der Waals surface area contributed by atoms with Crippen molar-refractivity contribution in [3.8, 4) is 0 Å². The van der Waals surface area contributed by atoms with Crippen LogP contribution in [0.2, 0.25) is 0 Å². The molecule has 0 saturated carbocycles. The molecule has 0 unspecified atom stereocenters. The molecule has 1 aliphatic rings. The van der Waals surface area contributed by atoms with E-state index in [2.05, 4.69) is 6.07 Å². The van der Waals surface area contributed by atoms with E-state index in [4.69, 9.17) is 4.74 Å². The van der Waals surface area contributed by atoms with Gasteiger partial charge in [-0.25, -0.2) is 0 Å². The number of nitrogens with zero attached hydrogens (tertiary/aromatic N) is 1. The number of hydrogen-bond acceptors (Lipinski definition) is 2. The predicted molar refractivity (Wildman–Crippen MR) is 61.1 cm³/mol. The Balaban J connectivity index is 0.00000144. The third-order valence-electron chi connectivity index (χ3n) is 2.75. The van der Waals surface area contributed by atoms with Crippen LogP contribution in [-0.2, 0) is 48.7 Å². The molecule has 0 spiro atoms. The molecular weight excluding hydrogens is 291 g/mol. The van der Waals surface area contributed by atoms with Crippen LogP contribution in [0.5, 0.6) is 0 Å². The Morgan fingerprint density at radius 1 is 1.41 bits per heavy atom. The van der Waals surface area contributed by atoms with Gasteiger partial charge in [0.05, 0.1) is 13.2 Å². The molecule has 0 aliphatic carbocycles. The van der Waals surface area contributed by atoms with Gasteiger partial charge in [-0.05, 0) is 0 Å². The summed E-state index contributed by atoms with van der Waals surface area (Å²) in [6, 6.07) is 8.99. The van der Waals surface area contributed by atoms with Gasteiger partial charge in [-0.2, -0.15) is 29.8 Å². The van der Waals surface area contributed by atoms with E-state index in [1.54, 1.807) is 0 Å². The number of morpholine rings is 1. The van der Waals surface area contributed by atoms with Crippen molar-refractivity contribution >= 4 is 5.91 Å². The zero-order valence-corrected chi connectivity index (χ0v) is 12.9. The maximum Gasteiger partial charge on any atom is 0.215 e. The van der Waals surface area contributed by atoms with Crippen molar-refractivity contribution in [3.05, 3.63) is 35.4 Å². The summed E-state index contributed by atoms with van der Waals surface area (Å²) in [6.45, 7) is 4.74. The molecule has 1 aromatic rings. The molecule has 0 N–H and O–H groups in total. The second-order valence-corrected chi connectivity index (χ2v) is 4.05. The van der Waals surface area contributed by atoms with E-state index in [0.29, 0.717) is 32.7 Å². The van der Waals surface area contributed by atoms with Gasteiger partial charge in [-0.3, -0.25) is 4.79 Å². The molecule has 1 heterocycles. The van der Waals surface area contributed by atoms with E-state index in [9.17, 15) is 4.79 Å². The summed E-state index contributed by atoms with van der Waals surface area (Å²) in [5, 5.41) is 0. The van der Waals surface area contributed by atoms with Gasteiger partial charge in [0.25, 0.3) is 0 Å². The van der Waals surface area contributed by atoms with Gasteiger partial charge in [-0.1, -0.05) is 6.92 Å². The van der Waals surface area contributed by atoms with Crippen LogP contribution >= 0.6 is 0 Å². The van der Waals surface area contributed by atoms with Crippen molar-refractivity contribution < 1.29 is 42.2 Å². The smallest absolute Gasteiger partial charge is 0.215 e. The first-order valence-electron chi connectivity index (χ1n) is 5.58. The zero-order chi connectivity index (χ0) is 11.4. The van der Waals surface area contributed by atoms with Gasteiger partial charge in [0.1, 0.15) is 0 Å².